The van der Waals surface area contributed by atoms with Gasteiger partial charge in [0.05, 0.1) is 25.4 Å². The van der Waals surface area contributed by atoms with Gasteiger partial charge in [-0.3, -0.25) is 4.79 Å². The molecule has 0 atom stereocenters. The highest BCUT2D eigenvalue weighted by molar-refractivity contribution is 5.94. The third-order valence-electron chi connectivity index (χ3n) is 3.48. The molecule has 2 N–H and O–H groups in total. The maximum absolute atomic E-state index is 12.8. The topological polar surface area (TPSA) is 76.4 Å². The lowest BCUT2D eigenvalue weighted by Crippen LogP contribution is -2.21. The van der Waals surface area contributed by atoms with Crippen LogP contribution in [0.15, 0.2) is 59.5 Å². The summed E-state index contributed by atoms with van der Waals surface area (Å²) in [6, 6.07) is 11.0. The number of methoxy groups -OCH3 is 1. The Balaban J connectivity index is 1.64. The van der Waals surface area contributed by atoms with E-state index in [1.165, 1.54) is 25.6 Å². The molecule has 25 heavy (non-hydrogen) atoms. The number of amides is 1. The highest BCUT2D eigenvalue weighted by Gasteiger charge is 2.11. The molecule has 7 heteroatoms. The summed E-state index contributed by atoms with van der Waals surface area (Å²) in [5.74, 6) is 0.571. The summed E-state index contributed by atoms with van der Waals surface area (Å²) in [5, 5.41) is 5.69. The fourth-order valence-electron chi connectivity index (χ4n) is 2.28. The molecule has 1 aromatic heterocycles. The number of oxazole rings is 1. The quantitative estimate of drug-likeness (QED) is 0.717. The highest BCUT2D eigenvalue weighted by atomic mass is 19.1. The van der Waals surface area contributed by atoms with Crippen molar-refractivity contribution in [3.05, 3.63) is 60.9 Å². The normalized spacial score (nSPS) is 10.3. The van der Waals surface area contributed by atoms with E-state index >= 15 is 0 Å². The first-order valence-corrected chi connectivity index (χ1v) is 7.52. The van der Waals surface area contributed by atoms with Crippen LogP contribution >= 0.6 is 0 Å². The van der Waals surface area contributed by atoms with Crippen LogP contribution in [0.5, 0.6) is 5.75 Å². The van der Waals surface area contributed by atoms with Gasteiger partial charge in [-0.25, -0.2) is 9.37 Å². The maximum Gasteiger partial charge on any atom is 0.243 e. The number of nitrogens with zero attached hydrogens (tertiary/aromatic N) is 1. The molecule has 0 saturated carbocycles. The number of carbonyl (C=O) groups is 1. The lowest BCUT2D eigenvalue weighted by molar-refractivity contribution is -0.114. The molecular weight excluding hydrogens is 325 g/mol. The van der Waals surface area contributed by atoms with E-state index in [2.05, 4.69) is 15.6 Å². The minimum absolute atomic E-state index is 0.0534. The highest BCUT2D eigenvalue weighted by Crippen LogP contribution is 2.32. The number of aromatic nitrogens is 1. The third-order valence-corrected chi connectivity index (χ3v) is 3.48. The van der Waals surface area contributed by atoms with Crippen molar-refractivity contribution in [2.75, 3.05) is 24.3 Å². The molecule has 0 unspecified atom stereocenters. The van der Waals surface area contributed by atoms with Crippen molar-refractivity contribution in [2.45, 2.75) is 0 Å². The van der Waals surface area contributed by atoms with E-state index in [0.29, 0.717) is 22.9 Å². The van der Waals surface area contributed by atoms with Gasteiger partial charge >= 0.3 is 0 Å². The summed E-state index contributed by atoms with van der Waals surface area (Å²) in [4.78, 5) is 15.9. The summed E-state index contributed by atoms with van der Waals surface area (Å²) < 4.78 is 23.5. The molecule has 0 spiro atoms. The second-order valence-electron chi connectivity index (χ2n) is 5.19. The average Bonchev–Trinajstić information content (AvgIpc) is 3.15. The van der Waals surface area contributed by atoms with Crippen molar-refractivity contribution in [2.24, 2.45) is 0 Å². The minimum atomic E-state index is -0.325. The van der Waals surface area contributed by atoms with Crippen LogP contribution in [-0.4, -0.2) is 24.5 Å². The number of rotatable bonds is 6. The van der Waals surface area contributed by atoms with Crippen molar-refractivity contribution in [1.82, 2.24) is 4.98 Å². The number of ether oxygens (including phenoxy) is 1. The number of hydrogen-bond acceptors (Lipinski definition) is 5. The van der Waals surface area contributed by atoms with Gasteiger partial charge in [0.1, 0.15) is 11.6 Å². The summed E-state index contributed by atoms with van der Waals surface area (Å²) in [6.45, 7) is 0.0534. The first kappa shape index (κ1) is 16.5. The Morgan fingerprint density at radius 2 is 1.96 bits per heavy atom. The Kier molecular flexibility index (Phi) is 4.94. The van der Waals surface area contributed by atoms with Crippen LogP contribution in [0.25, 0.3) is 11.3 Å². The van der Waals surface area contributed by atoms with E-state index < -0.39 is 0 Å². The molecular formula is C18H16FN3O3. The molecule has 0 saturated heterocycles. The molecule has 0 aliphatic carbocycles. The lowest BCUT2D eigenvalue weighted by Gasteiger charge is -2.11. The zero-order chi connectivity index (χ0) is 17.6. The molecule has 1 heterocycles. The van der Waals surface area contributed by atoms with Crippen LogP contribution < -0.4 is 15.4 Å². The Morgan fingerprint density at radius 1 is 1.20 bits per heavy atom. The van der Waals surface area contributed by atoms with Gasteiger partial charge < -0.3 is 19.8 Å². The molecule has 0 fully saturated rings. The van der Waals surface area contributed by atoms with E-state index in [1.54, 1.807) is 36.5 Å². The molecule has 0 radical (unpaired) electrons. The van der Waals surface area contributed by atoms with Gasteiger partial charge in [-0.1, -0.05) is 0 Å². The van der Waals surface area contributed by atoms with Gasteiger partial charge in [0.25, 0.3) is 0 Å². The largest absolute Gasteiger partial charge is 0.496 e. The van der Waals surface area contributed by atoms with Crippen molar-refractivity contribution in [3.63, 3.8) is 0 Å². The fourth-order valence-corrected chi connectivity index (χ4v) is 2.28. The molecule has 2 aromatic carbocycles. The number of carbonyl (C=O) groups excluding carboxylic acids is 1. The standard InChI is InChI=1S/C18H16FN3O3/c1-24-16-8-14(6-7-15(16)17-9-20-11-25-17)22-18(23)10-21-13-4-2-12(19)3-5-13/h2-9,11,21H,10H2,1H3,(H,22,23). The molecule has 3 aromatic rings. The Hall–Kier alpha value is -3.35. The molecule has 3 rings (SSSR count). The Bertz CT molecular complexity index is 849. The Labute approximate surface area is 143 Å². The third kappa shape index (κ3) is 4.14. The molecule has 1 amide bonds. The fraction of sp³-hybridized carbons (Fsp3) is 0.111. The molecule has 0 bridgehead atoms. The maximum atomic E-state index is 12.8. The molecule has 128 valence electrons. The van der Waals surface area contributed by atoms with Crippen LogP contribution in [0.3, 0.4) is 0 Å². The van der Waals surface area contributed by atoms with Crippen LogP contribution in [0.1, 0.15) is 0 Å². The number of halogens is 1. The summed E-state index contributed by atoms with van der Waals surface area (Å²) in [6.07, 6.45) is 2.92. The number of benzene rings is 2. The molecule has 6 nitrogen and oxygen atoms in total. The number of nitrogens with one attached hydrogen (secondary N) is 2. The van der Waals surface area contributed by atoms with Gasteiger partial charge in [-0.05, 0) is 36.4 Å². The van der Waals surface area contributed by atoms with Crippen LogP contribution in [0.4, 0.5) is 15.8 Å². The summed E-state index contributed by atoms with van der Waals surface area (Å²) >= 11 is 0. The number of anilines is 2. The van der Waals surface area contributed by atoms with Gasteiger partial charge in [0, 0.05) is 17.4 Å². The smallest absolute Gasteiger partial charge is 0.243 e. The number of hydrogen-bond donors (Lipinski definition) is 2. The molecule has 0 aliphatic heterocycles. The van der Waals surface area contributed by atoms with E-state index in [-0.39, 0.29) is 18.3 Å². The van der Waals surface area contributed by atoms with Crippen LogP contribution in [0, 0.1) is 5.82 Å². The Morgan fingerprint density at radius 3 is 2.64 bits per heavy atom. The first-order valence-electron chi connectivity index (χ1n) is 7.52. The second kappa shape index (κ2) is 7.48. The van der Waals surface area contributed by atoms with Gasteiger partial charge in [0.15, 0.2) is 12.2 Å². The second-order valence-corrected chi connectivity index (χ2v) is 5.19. The summed E-state index contributed by atoms with van der Waals surface area (Å²) in [5.41, 5.74) is 1.99. The minimum Gasteiger partial charge on any atom is -0.496 e. The first-order chi connectivity index (χ1) is 12.2. The van der Waals surface area contributed by atoms with Crippen molar-refractivity contribution in [1.29, 1.82) is 0 Å². The van der Waals surface area contributed by atoms with Crippen molar-refractivity contribution >= 4 is 17.3 Å². The van der Waals surface area contributed by atoms with Crippen LogP contribution in [-0.2, 0) is 4.79 Å². The predicted octanol–water partition coefficient (Wildman–Crippen LogP) is 3.54. The van der Waals surface area contributed by atoms with Gasteiger partial charge in [-0.15, -0.1) is 0 Å². The lowest BCUT2D eigenvalue weighted by atomic mass is 10.1. The zero-order valence-electron chi connectivity index (χ0n) is 13.5. The van der Waals surface area contributed by atoms with Gasteiger partial charge in [-0.2, -0.15) is 0 Å². The van der Waals surface area contributed by atoms with Crippen molar-refractivity contribution in [3.8, 4) is 17.1 Å². The van der Waals surface area contributed by atoms with Crippen molar-refractivity contribution < 1.29 is 18.3 Å². The molecule has 0 aliphatic rings. The van der Waals surface area contributed by atoms with E-state index in [4.69, 9.17) is 9.15 Å². The van der Waals surface area contributed by atoms with E-state index in [1.807, 2.05) is 0 Å². The summed E-state index contributed by atoms with van der Waals surface area (Å²) in [7, 11) is 1.54. The zero-order valence-corrected chi connectivity index (χ0v) is 13.5. The predicted molar refractivity (Wildman–Crippen MR) is 92.0 cm³/mol. The van der Waals surface area contributed by atoms with E-state index in [9.17, 15) is 9.18 Å². The van der Waals surface area contributed by atoms with Gasteiger partial charge in [0.2, 0.25) is 5.91 Å². The SMILES string of the molecule is COc1cc(NC(=O)CNc2ccc(F)cc2)ccc1-c1cnco1. The van der Waals surface area contributed by atoms with E-state index in [0.717, 1.165) is 5.56 Å². The monoisotopic (exact) mass is 341 g/mol. The average molecular weight is 341 g/mol. The van der Waals surface area contributed by atoms with Crippen LogP contribution in [0.2, 0.25) is 0 Å².